The highest BCUT2D eigenvalue weighted by atomic mass is 32.2. The van der Waals surface area contributed by atoms with Gasteiger partial charge < -0.3 is 5.11 Å². The molecule has 0 aliphatic carbocycles. The van der Waals surface area contributed by atoms with E-state index in [1.165, 1.54) is 24.3 Å². The molecule has 1 aromatic carbocycles. The lowest BCUT2D eigenvalue weighted by Crippen LogP contribution is -2.36. The third-order valence-corrected chi connectivity index (χ3v) is 4.67. The fourth-order valence-electron chi connectivity index (χ4n) is 2.05. The molecule has 1 fully saturated rings. The molecular formula is C11H13FO3S. The third-order valence-electron chi connectivity index (χ3n) is 2.86. The van der Waals surface area contributed by atoms with Gasteiger partial charge in [-0.2, -0.15) is 0 Å². The number of alkyl halides is 1. The lowest BCUT2D eigenvalue weighted by atomic mass is 9.92. The number of phenols is 1. The molecule has 5 heteroatoms. The van der Waals surface area contributed by atoms with Crippen LogP contribution in [0.25, 0.3) is 0 Å². The molecule has 1 saturated heterocycles. The van der Waals surface area contributed by atoms with Crippen molar-refractivity contribution in [1.29, 1.82) is 0 Å². The number of aromatic hydroxyl groups is 1. The largest absolute Gasteiger partial charge is 0.508 e. The van der Waals surface area contributed by atoms with Crippen molar-refractivity contribution >= 4 is 9.84 Å². The van der Waals surface area contributed by atoms with Crippen LogP contribution in [0, 0.1) is 0 Å². The first kappa shape index (κ1) is 11.4. The highest BCUT2D eigenvalue weighted by Crippen LogP contribution is 2.37. The van der Waals surface area contributed by atoms with Crippen LogP contribution in [0.2, 0.25) is 0 Å². The number of benzene rings is 1. The van der Waals surface area contributed by atoms with Crippen LogP contribution in [0.15, 0.2) is 24.3 Å². The van der Waals surface area contributed by atoms with Crippen molar-refractivity contribution in [2.45, 2.75) is 18.5 Å². The Morgan fingerprint density at radius 1 is 1.25 bits per heavy atom. The number of phenolic OH excluding ortho intramolecular Hbond substituents is 1. The summed E-state index contributed by atoms with van der Waals surface area (Å²) in [6, 6.07) is 5.63. The van der Waals surface area contributed by atoms with Gasteiger partial charge in [-0.05, 0) is 30.5 Å². The summed E-state index contributed by atoms with van der Waals surface area (Å²) in [6.45, 7) is 0. The van der Waals surface area contributed by atoms with Crippen molar-refractivity contribution in [3.63, 3.8) is 0 Å². The molecule has 0 amide bonds. The van der Waals surface area contributed by atoms with E-state index < -0.39 is 21.3 Å². The van der Waals surface area contributed by atoms with Crippen molar-refractivity contribution in [3.05, 3.63) is 29.8 Å². The van der Waals surface area contributed by atoms with E-state index in [0.717, 1.165) is 0 Å². The van der Waals surface area contributed by atoms with E-state index in [-0.39, 0.29) is 17.9 Å². The van der Waals surface area contributed by atoms with Gasteiger partial charge in [0.2, 0.25) is 0 Å². The molecule has 1 aromatic rings. The maximum atomic E-state index is 14.5. The zero-order chi connectivity index (χ0) is 11.8. The second-order valence-corrected chi connectivity index (χ2v) is 6.39. The van der Waals surface area contributed by atoms with Crippen LogP contribution in [0.1, 0.15) is 18.4 Å². The van der Waals surface area contributed by atoms with E-state index >= 15 is 0 Å². The number of rotatable bonds is 1. The Morgan fingerprint density at radius 2 is 1.88 bits per heavy atom. The predicted molar refractivity (Wildman–Crippen MR) is 58.8 cm³/mol. The smallest absolute Gasteiger partial charge is 0.153 e. The van der Waals surface area contributed by atoms with Crippen LogP contribution in [-0.4, -0.2) is 25.0 Å². The second-order valence-electron chi connectivity index (χ2n) is 4.21. The van der Waals surface area contributed by atoms with Crippen molar-refractivity contribution in [1.82, 2.24) is 0 Å². The Labute approximate surface area is 93.8 Å². The highest BCUT2D eigenvalue weighted by molar-refractivity contribution is 7.91. The van der Waals surface area contributed by atoms with Crippen molar-refractivity contribution in [2.75, 3.05) is 11.5 Å². The molecule has 0 radical (unpaired) electrons. The average Bonchev–Trinajstić information content (AvgIpc) is 2.16. The van der Waals surface area contributed by atoms with E-state index in [1.54, 1.807) is 0 Å². The Bertz CT molecular complexity index is 480. The summed E-state index contributed by atoms with van der Waals surface area (Å²) in [5, 5.41) is 9.10. The van der Waals surface area contributed by atoms with Crippen molar-refractivity contribution < 1.29 is 17.9 Å². The van der Waals surface area contributed by atoms with E-state index in [2.05, 4.69) is 0 Å². The van der Waals surface area contributed by atoms with Gasteiger partial charge >= 0.3 is 0 Å². The summed E-state index contributed by atoms with van der Waals surface area (Å²) in [6.07, 6.45) is 0.566. The van der Waals surface area contributed by atoms with Gasteiger partial charge in [0.15, 0.2) is 9.84 Å². The molecule has 3 nitrogen and oxygen atoms in total. The topological polar surface area (TPSA) is 54.4 Å². The average molecular weight is 244 g/mol. The van der Waals surface area contributed by atoms with Crippen molar-refractivity contribution in [3.8, 4) is 5.75 Å². The lowest BCUT2D eigenvalue weighted by Gasteiger charge is -2.29. The highest BCUT2D eigenvalue weighted by Gasteiger charge is 2.40. The molecule has 0 aromatic heterocycles. The van der Waals surface area contributed by atoms with Crippen LogP contribution < -0.4 is 0 Å². The summed E-state index contributed by atoms with van der Waals surface area (Å²) < 4.78 is 37.3. The molecule has 2 rings (SSSR count). The summed E-state index contributed by atoms with van der Waals surface area (Å²) in [5.41, 5.74) is -1.47. The Morgan fingerprint density at radius 3 is 2.44 bits per heavy atom. The summed E-state index contributed by atoms with van der Waals surface area (Å²) in [7, 11) is -3.29. The molecule has 0 bridgehead atoms. The fourth-order valence-corrected chi connectivity index (χ4v) is 3.79. The van der Waals surface area contributed by atoms with E-state index in [4.69, 9.17) is 5.11 Å². The van der Waals surface area contributed by atoms with Crippen LogP contribution in [-0.2, 0) is 15.5 Å². The molecule has 1 atom stereocenters. The van der Waals surface area contributed by atoms with Gasteiger partial charge in [-0.1, -0.05) is 12.1 Å². The standard InChI is InChI=1S/C11H13FO3S/c12-11(6-1-7-16(14,15)8-11)9-2-4-10(13)5-3-9/h2-5,13H,1,6-8H2. The number of sulfone groups is 1. The molecule has 1 aliphatic rings. The molecule has 88 valence electrons. The molecule has 0 spiro atoms. The van der Waals surface area contributed by atoms with E-state index in [9.17, 15) is 12.8 Å². The summed E-state index contributed by atoms with van der Waals surface area (Å²) >= 11 is 0. The van der Waals surface area contributed by atoms with Gasteiger partial charge in [0.25, 0.3) is 0 Å². The first-order valence-corrected chi connectivity index (χ1v) is 6.92. The van der Waals surface area contributed by atoms with E-state index in [0.29, 0.717) is 12.0 Å². The van der Waals surface area contributed by atoms with Crippen molar-refractivity contribution in [2.24, 2.45) is 0 Å². The van der Waals surface area contributed by atoms with Gasteiger partial charge in [0, 0.05) is 0 Å². The number of hydrogen-bond donors (Lipinski definition) is 1. The van der Waals surface area contributed by atoms with Gasteiger partial charge in [0.1, 0.15) is 11.4 Å². The zero-order valence-corrected chi connectivity index (χ0v) is 9.50. The maximum absolute atomic E-state index is 14.5. The molecule has 1 unspecified atom stereocenters. The minimum Gasteiger partial charge on any atom is -0.508 e. The minimum atomic E-state index is -3.29. The van der Waals surface area contributed by atoms with Gasteiger partial charge in [-0.15, -0.1) is 0 Å². The normalized spacial score (nSPS) is 28.8. The quantitative estimate of drug-likeness (QED) is 0.819. The maximum Gasteiger partial charge on any atom is 0.153 e. The van der Waals surface area contributed by atoms with Crippen LogP contribution >= 0.6 is 0 Å². The zero-order valence-electron chi connectivity index (χ0n) is 8.69. The minimum absolute atomic E-state index is 0.0472. The number of halogens is 1. The van der Waals surface area contributed by atoms with E-state index in [1.807, 2.05) is 0 Å². The summed E-state index contributed by atoms with van der Waals surface area (Å²) in [5.74, 6) is -0.340. The second kappa shape index (κ2) is 3.73. The molecule has 0 saturated carbocycles. The SMILES string of the molecule is O=S1(=O)CCCC(F)(c2ccc(O)cc2)C1. The third kappa shape index (κ3) is 2.19. The van der Waals surface area contributed by atoms with Gasteiger partial charge in [-0.3, -0.25) is 0 Å². The number of hydrogen-bond acceptors (Lipinski definition) is 3. The molecule has 1 N–H and O–H groups in total. The lowest BCUT2D eigenvalue weighted by molar-refractivity contribution is 0.173. The first-order valence-electron chi connectivity index (χ1n) is 5.10. The Hall–Kier alpha value is -1.10. The Balaban J connectivity index is 2.35. The molecule has 1 heterocycles. The van der Waals surface area contributed by atoms with Crippen LogP contribution in [0.4, 0.5) is 4.39 Å². The summed E-state index contributed by atoms with van der Waals surface area (Å²) in [4.78, 5) is 0. The first-order chi connectivity index (χ1) is 7.41. The molecular weight excluding hydrogens is 231 g/mol. The van der Waals surface area contributed by atoms with Gasteiger partial charge in [0.05, 0.1) is 11.5 Å². The van der Waals surface area contributed by atoms with Crippen LogP contribution in [0.5, 0.6) is 5.75 Å². The van der Waals surface area contributed by atoms with Gasteiger partial charge in [-0.25, -0.2) is 12.8 Å². The molecule has 16 heavy (non-hydrogen) atoms. The Kier molecular flexibility index (Phi) is 2.66. The monoisotopic (exact) mass is 244 g/mol. The van der Waals surface area contributed by atoms with Crippen LogP contribution in [0.3, 0.4) is 0 Å². The predicted octanol–water partition coefficient (Wildman–Crippen LogP) is 1.77. The molecule has 1 aliphatic heterocycles. The fraction of sp³-hybridized carbons (Fsp3) is 0.455.